The molecule has 4 rings (SSSR count). The van der Waals surface area contributed by atoms with Crippen molar-refractivity contribution in [1.82, 2.24) is 24.6 Å². The lowest BCUT2D eigenvalue weighted by Crippen LogP contribution is -2.63. The van der Waals surface area contributed by atoms with Gasteiger partial charge in [0.05, 0.1) is 11.6 Å². The summed E-state index contributed by atoms with van der Waals surface area (Å²) in [5, 5.41) is 4.33. The van der Waals surface area contributed by atoms with Gasteiger partial charge in [-0.15, -0.1) is 5.10 Å². The number of nitrogens with zero attached hydrogens (tertiary/aromatic N) is 5. The third-order valence-corrected chi connectivity index (χ3v) is 6.02. The normalized spacial score (nSPS) is 18.8. The van der Waals surface area contributed by atoms with Gasteiger partial charge >= 0.3 is 6.18 Å². The maximum atomic E-state index is 13.0. The second kappa shape index (κ2) is 6.83. The maximum Gasteiger partial charge on any atom is 0.427 e. The molecule has 3 heterocycles. The van der Waals surface area contributed by atoms with E-state index in [1.165, 1.54) is 12.3 Å². The Balaban J connectivity index is 1.36. The van der Waals surface area contributed by atoms with Crippen molar-refractivity contribution in [3.8, 4) is 5.88 Å². The molecule has 11 heteroatoms. The van der Waals surface area contributed by atoms with E-state index in [4.69, 9.17) is 16.3 Å². The molecule has 1 saturated carbocycles. The van der Waals surface area contributed by atoms with Crippen LogP contribution in [-0.2, 0) is 0 Å². The Hall–Kier alpha value is -2.36. The minimum atomic E-state index is -4.54. The van der Waals surface area contributed by atoms with E-state index in [0.29, 0.717) is 24.2 Å². The van der Waals surface area contributed by atoms with E-state index in [1.54, 1.807) is 22.8 Å². The molecule has 0 radical (unpaired) electrons. The lowest BCUT2D eigenvalue weighted by Gasteiger charge is -2.58. The third-order valence-electron chi connectivity index (χ3n) is 5.84. The van der Waals surface area contributed by atoms with Crippen molar-refractivity contribution in [2.24, 2.45) is 5.41 Å². The van der Waals surface area contributed by atoms with Crippen molar-refractivity contribution in [2.75, 3.05) is 13.1 Å². The first-order chi connectivity index (χ1) is 13.9. The average molecular weight is 444 g/mol. The van der Waals surface area contributed by atoms with Gasteiger partial charge in [0.15, 0.2) is 5.60 Å². The summed E-state index contributed by atoms with van der Waals surface area (Å²) in [7, 11) is 0. The summed E-state index contributed by atoms with van der Waals surface area (Å²) in [6.45, 7) is 4.70. The quantitative estimate of drug-likeness (QED) is 0.718. The smallest absolute Gasteiger partial charge is 0.427 e. The van der Waals surface area contributed by atoms with Crippen LogP contribution in [-0.4, -0.2) is 55.4 Å². The molecule has 1 saturated heterocycles. The minimum absolute atomic E-state index is 0.0843. The Labute approximate surface area is 176 Å². The van der Waals surface area contributed by atoms with E-state index in [2.05, 4.69) is 15.1 Å². The SMILES string of the molecule is Cc1cc(C(=O)N2CC3(CC(n4cnc(Cl)n4)C3)C2)cnc1OC(C)(C)C(F)(F)F. The van der Waals surface area contributed by atoms with Crippen LogP contribution in [0.2, 0.25) is 5.28 Å². The molecule has 0 bridgehead atoms. The highest BCUT2D eigenvalue weighted by Gasteiger charge is 2.54. The molecule has 162 valence electrons. The number of carbonyl (C=O) groups excluding carboxylic acids is 1. The number of aromatic nitrogens is 4. The Morgan fingerprint density at radius 2 is 1.93 bits per heavy atom. The van der Waals surface area contributed by atoms with Crippen LogP contribution in [0.4, 0.5) is 13.2 Å². The fraction of sp³-hybridized carbons (Fsp3) is 0.579. The van der Waals surface area contributed by atoms with Crippen LogP contribution in [0.25, 0.3) is 0 Å². The summed E-state index contributed by atoms with van der Waals surface area (Å²) >= 11 is 5.75. The van der Waals surface area contributed by atoms with Gasteiger partial charge in [0.1, 0.15) is 6.33 Å². The Morgan fingerprint density at radius 1 is 1.27 bits per heavy atom. The number of rotatable bonds is 4. The van der Waals surface area contributed by atoms with E-state index in [0.717, 1.165) is 26.7 Å². The summed E-state index contributed by atoms with van der Waals surface area (Å²) in [4.78, 5) is 22.3. The number of hydrogen-bond donors (Lipinski definition) is 0. The van der Waals surface area contributed by atoms with Crippen LogP contribution in [0.3, 0.4) is 0 Å². The number of hydrogen-bond acceptors (Lipinski definition) is 5. The summed E-state index contributed by atoms with van der Waals surface area (Å²) in [6.07, 6.45) is 0.128. The molecule has 1 amide bonds. The van der Waals surface area contributed by atoms with Crippen molar-refractivity contribution in [3.63, 3.8) is 0 Å². The molecular formula is C19H21ClF3N5O2. The zero-order valence-corrected chi connectivity index (χ0v) is 17.5. The number of halogens is 4. The molecular weight excluding hydrogens is 423 g/mol. The number of pyridine rings is 1. The number of likely N-dealkylation sites (tertiary alicyclic amines) is 1. The topological polar surface area (TPSA) is 73.1 Å². The number of alkyl halides is 3. The second-order valence-electron chi connectivity index (χ2n) is 8.67. The average Bonchev–Trinajstić information content (AvgIpc) is 2.99. The second-order valence-corrected chi connectivity index (χ2v) is 9.01. The van der Waals surface area contributed by atoms with Gasteiger partial charge < -0.3 is 9.64 Å². The summed E-state index contributed by atoms with van der Waals surface area (Å²) in [6, 6.07) is 1.75. The first kappa shape index (κ1) is 20.9. The molecule has 1 spiro atoms. The highest BCUT2D eigenvalue weighted by Crippen LogP contribution is 2.54. The molecule has 0 aromatic carbocycles. The standard InChI is InChI=1S/C19H21ClF3N5O2/c1-11-4-12(7-24-14(11)30-17(2,3)19(21,22)23)15(29)27-8-18(9-27)5-13(6-18)28-10-25-16(20)26-28/h4,7,10,13H,5-6,8-9H2,1-3H3. The zero-order valence-electron chi connectivity index (χ0n) is 16.7. The summed E-state index contributed by atoms with van der Waals surface area (Å²) in [5.74, 6) is -0.326. The first-order valence-corrected chi connectivity index (χ1v) is 9.85. The minimum Gasteiger partial charge on any atom is -0.462 e. The molecule has 2 aromatic rings. The molecule has 0 atom stereocenters. The molecule has 0 unspecified atom stereocenters. The highest BCUT2D eigenvalue weighted by atomic mass is 35.5. The predicted octanol–water partition coefficient (Wildman–Crippen LogP) is 3.83. The molecule has 0 N–H and O–H groups in total. The predicted molar refractivity (Wildman–Crippen MR) is 101 cm³/mol. The Kier molecular flexibility index (Phi) is 4.76. The van der Waals surface area contributed by atoms with Gasteiger partial charge in [-0.3, -0.25) is 4.79 Å². The fourth-order valence-corrected chi connectivity index (χ4v) is 4.12. The van der Waals surface area contributed by atoms with Crippen LogP contribution in [0.1, 0.15) is 48.7 Å². The van der Waals surface area contributed by atoms with Gasteiger partial charge in [-0.25, -0.2) is 14.6 Å². The largest absolute Gasteiger partial charge is 0.462 e. The Morgan fingerprint density at radius 3 is 2.47 bits per heavy atom. The first-order valence-electron chi connectivity index (χ1n) is 9.47. The van der Waals surface area contributed by atoms with Crippen molar-refractivity contribution >= 4 is 17.5 Å². The lowest BCUT2D eigenvalue weighted by molar-refractivity contribution is -0.235. The van der Waals surface area contributed by atoms with Gasteiger partial charge in [0, 0.05) is 30.3 Å². The van der Waals surface area contributed by atoms with Crippen molar-refractivity contribution < 1.29 is 22.7 Å². The van der Waals surface area contributed by atoms with E-state index >= 15 is 0 Å². The van der Waals surface area contributed by atoms with Gasteiger partial charge in [-0.2, -0.15) is 13.2 Å². The fourth-order valence-electron chi connectivity index (χ4n) is 3.99. The number of aryl methyl sites for hydroxylation is 1. The van der Waals surface area contributed by atoms with Crippen LogP contribution in [0, 0.1) is 12.3 Å². The molecule has 1 aliphatic heterocycles. The van der Waals surface area contributed by atoms with E-state index in [1.807, 2.05) is 0 Å². The third kappa shape index (κ3) is 3.61. The molecule has 2 aliphatic rings. The number of ether oxygens (including phenoxy) is 1. The highest BCUT2D eigenvalue weighted by molar-refractivity contribution is 6.28. The van der Waals surface area contributed by atoms with Gasteiger partial charge in [0.2, 0.25) is 11.2 Å². The molecule has 2 fully saturated rings. The van der Waals surface area contributed by atoms with E-state index < -0.39 is 11.8 Å². The number of carbonyl (C=O) groups is 1. The van der Waals surface area contributed by atoms with Crippen LogP contribution >= 0.6 is 11.6 Å². The maximum absolute atomic E-state index is 13.0. The zero-order chi connectivity index (χ0) is 21.9. The van der Waals surface area contributed by atoms with E-state index in [9.17, 15) is 18.0 Å². The van der Waals surface area contributed by atoms with Gasteiger partial charge in [-0.1, -0.05) is 0 Å². The lowest BCUT2D eigenvalue weighted by atomic mass is 9.60. The summed E-state index contributed by atoms with van der Waals surface area (Å²) < 4.78 is 45.9. The van der Waals surface area contributed by atoms with Crippen molar-refractivity contribution in [2.45, 2.75) is 51.4 Å². The molecule has 1 aliphatic carbocycles. The van der Waals surface area contributed by atoms with Gasteiger partial charge in [0.25, 0.3) is 5.91 Å². The van der Waals surface area contributed by atoms with Gasteiger partial charge in [-0.05, 0) is 51.3 Å². The monoisotopic (exact) mass is 443 g/mol. The van der Waals surface area contributed by atoms with Crippen molar-refractivity contribution in [3.05, 3.63) is 35.0 Å². The van der Waals surface area contributed by atoms with Crippen LogP contribution in [0.5, 0.6) is 5.88 Å². The Bertz CT molecular complexity index is 977. The number of amides is 1. The van der Waals surface area contributed by atoms with Crippen LogP contribution in [0.15, 0.2) is 18.6 Å². The summed E-state index contributed by atoms with van der Waals surface area (Å²) in [5.41, 5.74) is -1.59. The van der Waals surface area contributed by atoms with E-state index in [-0.39, 0.29) is 28.5 Å². The molecule has 7 nitrogen and oxygen atoms in total. The molecule has 2 aromatic heterocycles. The van der Waals surface area contributed by atoms with Crippen molar-refractivity contribution in [1.29, 1.82) is 0 Å². The van der Waals surface area contributed by atoms with Crippen LogP contribution < -0.4 is 4.74 Å². The molecule has 30 heavy (non-hydrogen) atoms.